The predicted octanol–water partition coefficient (Wildman–Crippen LogP) is 9.00. The molecule has 34 heavy (non-hydrogen) atoms. The Labute approximate surface area is 207 Å². The molecular weight excluding hydrogens is 412 g/mol. The van der Waals surface area contributed by atoms with Gasteiger partial charge in [-0.15, -0.1) is 0 Å². The van der Waals surface area contributed by atoms with Crippen molar-refractivity contribution < 1.29 is 0 Å². The van der Waals surface area contributed by atoms with Gasteiger partial charge in [0.05, 0.1) is 11.1 Å². The Bertz CT molecular complexity index is 1040. The third-order valence-corrected chi connectivity index (χ3v) is 9.05. The van der Waals surface area contributed by atoms with Gasteiger partial charge in [0.1, 0.15) is 12.1 Å². The first-order valence-electron chi connectivity index (χ1n) is 13.7. The van der Waals surface area contributed by atoms with Crippen molar-refractivity contribution in [3.8, 4) is 23.3 Å². The molecule has 178 valence electrons. The van der Waals surface area contributed by atoms with E-state index >= 15 is 0 Å². The summed E-state index contributed by atoms with van der Waals surface area (Å²) in [5.74, 6) is 0. The van der Waals surface area contributed by atoms with Crippen molar-refractivity contribution in [3.05, 3.63) is 58.7 Å². The van der Waals surface area contributed by atoms with Crippen molar-refractivity contribution in [2.24, 2.45) is 5.41 Å². The fourth-order valence-electron chi connectivity index (χ4n) is 6.74. The van der Waals surface area contributed by atoms with Gasteiger partial charge in [-0.05, 0) is 85.3 Å². The van der Waals surface area contributed by atoms with Gasteiger partial charge in [-0.25, -0.2) is 0 Å². The van der Waals surface area contributed by atoms with Crippen LogP contribution >= 0.6 is 0 Å². The normalized spacial score (nSPS) is 23.4. The zero-order valence-corrected chi connectivity index (χ0v) is 21.3. The summed E-state index contributed by atoms with van der Waals surface area (Å²) in [7, 11) is 0. The maximum absolute atomic E-state index is 10.2. The second-order valence-electron chi connectivity index (χ2n) is 11.0. The van der Waals surface area contributed by atoms with E-state index in [1.54, 1.807) is 0 Å². The van der Waals surface area contributed by atoms with Crippen LogP contribution in [0.4, 0.5) is 0 Å². The average molecular weight is 453 g/mol. The summed E-state index contributed by atoms with van der Waals surface area (Å²) in [5.41, 5.74) is 6.27. The SMILES string of the molecule is CCCCCc1ccc(-c2ccc(C34CCC(CCCCC)(CC3)CC4)c(C#N)c2C#N)cc1. The van der Waals surface area contributed by atoms with Crippen molar-refractivity contribution in [3.63, 3.8) is 0 Å². The summed E-state index contributed by atoms with van der Waals surface area (Å²) < 4.78 is 0. The molecule has 3 fully saturated rings. The minimum atomic E-state index is 0.0881. The second-order valence-corrected chi connectivity index (χ2v) is 11.0. The number of hydrogen-bond donors (Lipinski definition) is 0. The summed E-state index contributed by atoms with van der Waals surface area (Å²) in [6.45, 7) is 4.51. The van der Waals surface area contributed by atoms with Gasteiger partial charge in [0.2, 0.25) is 0 Å². The van der Waals surface area contributed by atoms with E-state index in [1.165, 1.54) is 89.0 Å². The van der Waals surface area contributed by atoms with Crippen LogP contribution in [-0.4, -0.2) is 0 Å². The lowest BCUT2D eigenvalue weighted by molar-refractivity contribution is 0.0304. The van der Waals surface area contributed by atoms with E-state index in [0.717, 1.165) is 23.1 Å². The highest BCUT2D eigenvalue weighted by molar-refractivity contribution is 5.75. The van der Waals surface area contributed by atoms with Crippen LogP contribution in [0.5, 0.6) is 0 Å². The van der Waals surface area contributed by atoms with Gasteiger partial charge < -0.3 is 0 Å². The number of unbranched alkanes of at least 4 members (excludes halogenated alkanes) is 4. The number of benzene rings is 2. The highest BCUT2D eigenvalue weighted by Crippen LogP contribution is 2.60. The van der Waals surface area contributed by atoms with Crippen LogP contribution in [-0.2, 0) is 11.8 Å². The van der Waals surface area contributed by atoms with Crippen LogP contribution < -0.4 is 0 Å². The lowest BCUT2D eigenvalue weighted by atomic mass is 9.50. The monoisotopic (exact) mass is 452 g/mol. The van der Waals surface area contributed by atoms with Gasteiger partial charge in [-0.3, -0.25) is 0 Å². The molecule has 3 saturated carbocycles. The first-order chi connectivity index (χ1) is 16.6. The Morgan fingerprint density at radius 3 is 1.91 bits per heavy atom. The average Bonchev–Trinajstić information content (AvgIpc) is 2.89. The van der Waals surface area contributed by atoms with E-state index in [1.807, 2.05) is 0 Å². The molecule has 0 N–H and O–H groups in total. The van der Waals surface area contributed by atoms with Gasteiger partial charge in [0.15, 0.2) is 0 Å². The van der Waals surface area contributed by atoms with Gasteiger partial charge in [-0.2, -0.15) is 10.5 Å². The Morgan fingerprint density at radius 1 is 0.706 bits per heavy atom. The van der Waals surface area contributed by atoms with E-state index in [4.69, 9.17) is 0 Å². The molecule has 2 aromatic carbocycles. The molecule has 2 aromatic rings. The molecule has 0 unspecified atom stereocenters. The second kappa shape index (κ2) is 10.8. The topological polar surface area (TPSA) is 47.6 Å². The molecule has 0 spiro atoms. The van der Waals surface area contributed by atoms with Crippen LogP contribution in [0.1, 0.15) is 120 Å². The van der Waals surface area contributed by atoms with E-state index in [-0.39, 0.29) is 5.41 Å². The van der Waals surface area contributed by atoms with Crippen molar-refractivity contribution >= 4 is 0 Å². The van der Waals surface area contributed by atoms with Crippen molar-refractivity contribution in [1.29, 1.82) is 10.5 Å². The lowest BCUT2D eigenvalue weighted by Crippen LogP contribution is -2.44. The van der Waals surface area contributed by atoms with Gasteiger partial charge in [-0.1, -0.05) is 82.3 Å². The summed E-state index contributed by atoms with van der Waals surface area (Å²) in [4.78, 5) is 0. The van der Waals surface area contributed by atoms with E-state index in [9.17, 15) is 10.5 Å². The van der Waals surface area contributed by atoms with Gasteiger partial charge >= 0.3 is 0 Å². The lowest BCUT2D eigenvalue weighted by Gasteiger charge is -2.54. The van der Waals surface area contributed by atoms with Crippen LogP contribution in [0, 0.1) is 28.1 Å². The van der Waals surface area contributed by atoms with Crippen LogP contribution in [0.25, 0.3) is 11.1 Å². The summed E-state index contributed by atoms with van der Waals surface area (Å²) in [6, 6.07) is 17.8. The summed E-state index contributed by atoms with van der Waals surface area (Å²) in [5, 5.41) is 20.4. The molecule has 0 radical (unpaired) electrons. The molecule has 5 rings (SSSR count). The highest BCUT2D eigenvalue weighted by atomic mass is 14.5. The van der Waals surface area contributed by atoms with Crippen LogP contribution in [0.2, 0.25) is 0 Å². The molecule has 2 heteroatoms. The van der Waals surface area contributed by atoms with E-state index in [0.29, 0.717) is 16.5 Å². The highest BCUT2D eigenvalue weighted by Gasteiger charge is 2.49. The molecule has 0 saturated heterocycles. The molecule has 3 aliphatic rings. The maximum atomic E-state index is 10.2. The summed E-state index contributed by atoms with van der Waals surface area (Å²) in [6.07, 6.45) is 17.5. The third kappa shape index (κ3) is 4.79. The molecule has 0 atom stereocenters. The number of nitriles is 2. The Hall–Kier alpha value is -2.58. The quantitative estimate of drug-likeness (QED) is 0.338. The number of rotatable bonds is 10. The Morgan fingerprint density at radius 2 is 1.32 bits per heavy atom. The van der Waals surface area contributed by atoms with E-state index < -0.39 is 0 Å². The molecule has 3 aliphatic carbocycles. The van der Waals surface area contributed by atoms with Crippen LogP contribution in [0.3, 0.4) is 0 Å². The standard InChI is InChI=1S/C32H40N2/c1-3-5-7-9-25-10-12-26(13-11-25)27-14-15-30(29(24-34)28(27)23-33)32-20-17-31(18-21-32,19-22-32)16-8-6-4-2/h10-15H,3-9,16-22H2,1-2H3. The Balaban J connectivity index is 1.59. The first-order valence-corrected chi connectivity index (χ1v) is 13.7. The van der Waals surface area contributed by atoms with Crippen molar-refractivity contribution in [2.45, 2.75) is 109 Å². The largest absolute Gasteiger partial charge is 0.192 e. The molecular formula is C32H40N2. The molecule has 2 nitrogen and oxygen atoms in total. The number of hydrogen-bond acceptors (Lipinski definition) is 2. The summed E-state index contributed by atoms with van der Waals surface area (Å²) >= 11 is 0. The van der Waals surface area contributed by atoms with Gasteiger partial charge in [0.25, 0.3) is 0 Å². The third-order valence-electron chi connectivity index (χ3n) is 9.05. The fraction of sp³-hybridized carbons (Fsp3) is 0.562. The number of nitrogens with zero attached hydrogens (tertiary/aromatic N) is 2. The number of fused-ring (bicyclic) bond motifs is 3. The smallest absolute Gasteiger partial charge is 0.101 e. The first kappa shape index (κ1) is 24.5. The molecule has 0 heterocycles. The van der Waals surface area contributed by atoms with Crippen molar-refractivity contribution in [2.75, 3.05) is 0 Å². The molecule has 2 bridgehead atoms. The zero-order chi connectivity index (χ0) is 24.0. The zero-order valence-electron chi connectivity index (χ0n) is 21.3. The van der Waals surface area contributed by atoms with Crippen molar-refractivity contribution in [1.82, 2.24) is 0 Å². The van der Waals surface area contributed by atoms with Crippen LogP contribution in [0.15, 0.2) is 36.4 Å². The van der Waals surface area contributed by atoms with E-state index in [2.05, 4.69) is 62.4 Å². The minimum absolute atomic E-state index is 0.0881. The number of aryl methyl sites for hydroxylation is 1. The van der Waals surface area contributed by atoms with Gasteiger partial charge in [0, 0.05) is 5.56 Å². The Kier molecular flexibility index (Phi) is 7.78. The maximum Gasteiger partial charge on any atom is 0.101 e. The predicted molar refractivity (Wildman–Crippen MR) is 140 cm³/mol. The minimum Gasteiger partial charge on any atom is -0.192 e. The molecule has 0 aliphatic heterocycles. The molecule has 0 amide bonds. The fourth-order valence-corrected chi connectivity index (χ4v) is 6.74. The molecule has 0 aromatic heterocycles.